The normalized spacial score (nSPS) is 10.6. The average Bonchev–Trinajstić information content (AvgIpc) is 3.05. The number of hydrogen-bond donors (Lipinski definition) is 1. The monoisotopic (exact) mass is 341 g/mol. The molecule has 2 heterocycles. The van der Waals surface area contributed by atoms with E-state index in [1.54, 1.807) is 37.6 Å². The van der Waals surface area contributed by atoms with Gasteiger partial charge in [-0.05, 0) is 31.5 Å². The van der Waals surface area contributed by atoms with Crippen LogP contribution >= 0.6 is 11.3 Å². The average molecular weight is 341 g/mol. The van der Waals surface area contributed by atoms with Crippen molar-refractivity contribution in [2.75, 3.05) is 0 Å². The van der Waals surface area contributed by atoms with Gasteiger partial charge < -0.3 is 5.10 Å². The number of aryl methyl sites for hydroxylation is 2. The Kier molecular flexibility index (Phi) is 3.99. The number of benzene rings is 1. The van der Waals surface area contributed by atoms with Crippen LogP contribution in [0.4, 0.5) is 0 Å². The van der Waals surface area contributed by atoms with E-state index in [1.807, 2.05) is 0 Å². The molecule has 0 atom stereocenters. The molecule has 0 aliphatic carbocycles. The van der Waals surface area contributed by atoms with E-state index in [-0.39, 0.29) is 28.3 Å². The van der Waals surface area contributed by atoms with Crippen molar-refractivity contribution in [1.29, 1.82) is 0 Å². The van der Waals surface area contributed by atoms with Crippen LogP contribution in [0, 0.1) is 18.8 Å². The second kappa shape index (κ2) is 5.98. The highest BCUT2D eigenvalue weighted by Gasteiger charge is 2.20. The fourth-order valence-corrected chi connectivity index (χ4v) is 3.60. The second-order valence-electron chi connectivity index (χ2n) is 5.35. The number of ketones is 1. The molecule has 3 aromatic rings. The van der Waals surface area contributed by atoms with Crippen molar-refractivity contribution in [3.63, 3.8) is 0 Å². The fraction of sp³-hybridized carbons (Fsp3) is 0.235. The third-order valence-electron chi connectivity index (χ3n) is 3.92. The number of hydrogen-bond acceptors (Lipinski definition) is 4. The lowest BCUT2D eigenvalue weighted by molar-refractivity contribution is 0.103. The van der Waals surface area contributed by atoms with Crippen LogP contribution in [0.2, 0.25) is 0 Å². The first-order valence-electron chi connectivity index (χ1n) is 7.27. The molecule has 0 aliphatic heterocycles. The Hall–Kier alpha value is -2.85. The van der Waals surface area contributed by atoms with Gasteiger partial charge in [-0.15, -0.1) is 5.92 Å². The highest BCUT2D eigenvalue weighted by atomic mass is 32.1. The van der Waals surface area contributed by atoms with Crippen LogP contribution in [0.25, 0.3) is 10.2 Å². The summed E-state index contributed by atoms with van der Waals surface area (Å²) < 4.78 is 3.62. The maximum atomic E-state index is 12.7. The van der Waals surface area contributed by atoms with Crippen molar-refractivity contribution >= 4 is 27.3 Å². The van der Waals surface area contributed by atoms with Gasteiger partial charge in [0.15, 0.2) is 0 Å². The van der Waals surface area contributed by atoms with Crippen molar-refractivity contribution in [2.24, 2.45) is 7.05 Å². The minimum Gasteiger partial charge on any atom is -0.302 e. The molecule has 122 valence electrons. The Bertz CT molecular complexity index is 1130. The first-order chi connectivity index (χ1) is 11.5. The van der Waals surface area contributed by atoms with Crippen LogP contribution in [0.15, 0.2) is 27.9 Å². The summed E-state index contributed by atoms with van der Waals surface area (Å²) in [6.45, 7) is 3.78. The molecule has 1 aromatic carbocycles. The molecular formula is C17H15N3O3S. The molecule has 0 saturated carbocycles. The molecule has 0 bridgehead atoms. The number of carbonyl (C=O) groups is 1. The molecule has 1 N–H and O–H groups in total. The van der Waals surface area contributed by atoms with Gasteiger partial charge in [0.2, 0.25) is 5.78 Å². The summed E-state index contributed by atoms with van der Waals surface area (Å²) in [4.78, 5) is 36.8. The lowest BCUT2D eigenvalue weighted by atomic mass is 10.00. The summed E-state index contributed by atoms with van der Waals surface area (Å²) in [5.74, 6) is 5.29. The highest BCUT2D eigenvalue weighted by Crippen LogP contribution is 2.25. The first kappa shape index (κ1) is 16.0. The summed E-state index contributed by atoms with van der Waals surface area (Å²) in [5, 5.41) is 2.70. The molecule has 0 amide bonds. The predicted octanol–water partition coefficient (Wildman–Crippen LogP) is 1.65. The Morgan fingerprint density at radius 3 is 2.67 bits per heavy atom. The molecule has 6 nitrogen and oxygen atoms in total. The van der Waals surface area contributed by atoms with Crippen molar-refractivity contribution in [3.05, 3.63) is 55.0 Å². The molecule has 2 aromatic heterocycles. The Morgan fingerprint density at radius 2 is 2.04 bits per heavy atom. The van der Waals surface area contributed by atoms with E-state index in [2.05, 4.69) is 16.9 Å². The van der Waals surface area contributed by atoms with Crippen LogP contribution in [0.5, 0.6) is 0 Å². The number of fused-ring (bicyclic) bond motifs is 1. The number of nitrogens with zero attached hydrogens (tertiary/aromatic N) is 2. The minimum atomic E-state index is -0.376. The van der Waals surface area contributed by atoms with Gasteiger partial charge in [-0.2, -0.15) is 0 Å². The molecule has 0 radical (unpaired) electrons. The predicted molar refractivity (Wildman–Crippen MR) is 93.7 cm³/mol. The molecule has 3 rings (SSSR count). The zero-order chi connectivity index (χ0) is 17.4. The van der Waals surface area contributed by atoms with Crippen LogP contribution in [-0.4, -0.2) is 20.1 Å². The van der Waals surface area contributed by atoms with Gasteiger partial charge in [0.25, 0.3) is 5.56 Å². The minimum absolute atomic E-state index is 0.0810. The summed E-state index contributed by atoms with van der Waals surface area (Å²) in [6.07, 6.45) is 1.40. The smallest absolute Gasteiger partial charge is 0.302 e. The van der Waals surface area contributed by atoms with Crippen molar-refractivity contribution in [2.45, 2.75) is 20.4 Å². The molecule has 0 spiro atoms. The van der Waals surface area contributed by atoms with Crippen molar-refractivity contribution in [3.8, 4) is 11.8 Å². The van der Waals surface area contributed by atoms with Gasteiger partial charge in [-0.3, -0.25) is 23.6 Å². The maximum absolute atomic E-state index is 12.7. The molecule has 0 fully saturated rings. The van der Waals surface area contributed by atoms with E-state index in [1.165, 1.54) is 10.9 Å². The fourth-order valence-electron chi connectivity index (χ4n) is 2.65. The number of thiazole rings is 1. The number of aromatic amines is 1. The number of carbonyl (C=O) groups excluding carboxylic acids is 1. The van der Waals surface area contributed by atoms with Gasteiger partial charge in [0.1, 0.15) is 5.56 Å². The zero-order valence-corrected chi connectivity index (χ0v) is 14.3. The third kappa shape index (κ3) is 2.41. The Labute approximate surface area is 141 Å². The van der Waals surface area contributed by atoms with E-state index in [9.17, 15) is 14.4 Å². The summed E-state index contributed by atoms with van der Waals surface area (Å²) in [6, 6.07) is 3.41. The lowest BCUT2D eigenvalue weighted by Crippen LogP contribution is -2.20. The van der Waals surface area contributed by atoms with Crippen LogP contribution in [0.1, 0.15) is 28.4 Å². The Morgan fingerprint density at radius 1 is 1.29 bits per heavy atom. The highest BCUT2D eigenvalue weighted by molar-refractivity contribution is 7.16. The molecule has 7 heteroatoms. The molecular weight excluding hydrogens is 326 g/mol. The largest absolute Gasteiger partial charge is 0.309 e. The van der Waals surface area contributed by atoms with Gasteiger partial charge in [0, 0.05) is 18.8 Å². The van der Waals surface area contributed by atoms with Crippen LogP contribution in [0.3, 0.4) is 0 Å². The maximum Gasteiger partial charge on any atom is 0.309 e. The number of H-pyrrole nitrogens is 1. The SMILES string of the molecule is CC#CCn1c(=O)sc2ccc(C(=O)c3c[nH]n(C)c3=O)c(C)c21. The van der Waals surface area contributed by atoms with E-state index in [4.69, 9.17) is 0 Å². The Balaban J connectivity index is 2.23. The van der Waals surface area contributed by atoms with Gasteiger partial charge in [0.05, 0.1) is 16.8 Å². The zero-order valence-electron chi connectivity index (χ0n) is 13.5. The van der Waals surface area contributed by atoms with E-state index in [0.717, 1.165) is 16.0 Å². The van der Waals surface area contributed by atoms with Crippen molar-refractivity contribution in [1.82, 2.24) is 14.3 Å². The summed E-state index contributed by atoms with van der Waals surface area (Å²) in [7, 11) is 1.55. The number of rotatable bonds is 3. The van der Waals surface area contributed by atoms with E-state index >= 15 is 0 Å². The molecule has 0 saturated heterocycles. The second-order valence-corrected chi connectivity index (χ2v) is 6.34. The van der Waals surface area contributed by atoms with Crippen molar-refractivity contribution < 1.29 is 4.79 Å². The van der Waals surface area contributed by atoms with Gasteiger partial charge in [-0.1, -0.05) is 17.3 Å². The summed E-state index contributed by atoms with van der Waals surface area (Å²) >= 11 is 1.12. The molecule has 0 aliphatic rings. The van der Waals surface area contributed by atoms with E-state index in [0.29, 0.717) is 16.6 Å². The van der Waals surface area contributed by atoms with Gasteiger partial charge in [-0.25, -0.2) is 0 Å². The number of aromatic nitrogens is 3. The third-order valence-corrected chi connectivity index (χ3v) is 4.87. The first-order valence-corrected chi connectivity index (χ1v) is 8.09. The molecule has 24 heavy (non-hydrogen) atoms. The summed E-state index contributed by atoms with van der Waals surface area (Å²) in [5.41, 5.74) is 1.50. The van der Waals surface area contributed by atoms with E-state index < -0.39 is 0 Å². The van der Waals surface area contributed by atoms with Crippen LogP contribution in [-0.2, 0) is 13.6 Å². The molecule has 0 unspecified atom stereocenters. The van der Waals surface area contributed by atoms with Gasteiger partial charge >= 0.3 is 4.87 Å². The lowest BCUT2D eigenvalue weighted by Gasteiger charge is -2.07. The standard InChI is InChI=1S/C17H15N3O3S/c1-4-5-8-20-14-10(2)11(6-7-13(14)24-17(20)23)15(21)12-9-18-19(3)16(12)22/h6-7,9,18H,8H2,1-3H3. The number of nitrogens with one attached hydrogen (secondary N) is 1. The van der Waals surface area contributed by atoms with Crippen LogP contribution < -0.4 is 10.4 Å². The topological polar surface area (TPSA) is 76.9 Å². The quantitative estimate of drug-likeness (QED) is 0.581.